The van der Waals surface area contributed by atoms with Crippen LogP contribution in [0.5, 0.6) is 0 Å². The van der Waals surface area contributed by atoms with E-state index < -0.39 is 35.3 Å². The fourth-order valence-corrected chi connectivity index (χ4v) is 1.27. The first-order chi connectivity index (χ1) is 8.27. The molecular weight excluding hydrogens is 259 g/mol. The Morgan fingerprint density at radius 3 is 2.44 bits per heavy atom. The first-order valence-corrected chi connectivity index (χ1v) is 4.94. The summed E-state index contributed by atoms with van der Waals surface area (Å²) in [5.41, 5.74) is -2.03. The third-order valence-electron chi connectivity index (χ3n) is 2.08. The van der Waals surface area contributed by atoms with Gasteiger partial charge in [-0.05, 0) is 19.1 Å². The number of carbonyl (C=O) groups is 1. The Hall–Kier alpha value is -1.66. The van der Waals surface area contributed by atoms with E-state index in [1.54, 1.807) is 0 Å². The Kier molecular flexibility index (Phi) is 4.26. The molecule has 18 heavy (non-hydrogen) atoms. The van der Waals surface area contributed by atoms with Crippen molar-refractivity contribution in [2.75, 3.05) is 6.61 Å². The third-order valence-corrected chi connectivity index (χ3v) is 2.08. The summed E-state index contributed by atoms with van der Waals surface area (Å²) >= 11 is 0. The van der Waals surface area contributed by atoms with Gasteiger partial charge >= 0.3 is 12.1 Å². The van der Waals surface area contributed by atoms with E-state index in [-0.39, 0.29) is 6.61 Å². The number of rotatable bonds is 3. The molecule has 0 spiro atoms. The third kappa shape index (κ3) is 3.18. The van der Waals surface area contributed by atoms with E-state index in [1.165, 1.54) is 6.92 Å². The van der Waals surface area contributed by atoms with E-state index in [9.17, 15) is 26.7 Å². The molecular formula is C11H9F5O2. The average Bonchev–Trinajstić information content (AvgIpc) is 2.26. The van der Waals surface area contributed by atoms with Crippen molar-refractivity contribution < 1.29 is 31.5 Å². The van der Waals surface area contributed by atoms with Crippen molar-refractivity contribution in [1.82, 2.24) is 0 Å². The van der Waals surface area contributed by atoms with Crippen molar-refractivity contribution in [1.29, 1.82) is 0 Å². The van der Waals surface area contributed by atoms with Gasteiger partial charge in [0, 0.05) is 5.56 Å². The molecule has 0 aliphatic heterocycles. The molecule has 100 valence electrons. The van der Waals surface area contributed by atoms with E-state index in [0.717, 1.165) is 0 Å². The summed E-state index contributed by atoms with van der Waals surface area (Å²) in [5.74, 6) is -2.90. The van der Waals surface area contributed by atoms with Crippen LogP contribution < -0.4 is 0 Å². The van der Waals surface area contributed by atoms with Gasteiger partial charge in [0.05, 0.1) is 12.2 Å². The largest absolute Gasteiger partial charge is 0.464 e. The van der Waals surface area contributed by atoms with Gasteiger partial charge in [-0.15, -0.1) is 0 Å². The van der Waals surface area contributed by atoms with Gasteiger partial charge in [-0.2, -0.15) is 13.2 Å². The number of esters is 1. The van der Waals surface area contributed by atoms with Crippen molar-refractivity contribution in [3.8, 4) is 0 Å². The highest BCUT2D eigenvalue weighted by atomic mass is 19.4. The topological polar surface area (TPSA) is 26.3 Å². The highest BCUT2D eigenvalue weighted by Gasteiger charge is 2.34. The minimum atomic E-state index is -4.86. The van der Waals surface area contributed by atoms with Crippen LogP contribution in [0.1, 0.15) is 24.2 Å². The highest BCUT2D eigenvalue weighted by Crippen LogP contribution is 2.33. The Bertz CT molecular complexity index is 442. The van der Waals surface area contributed by atoms with Gasteiger partial charge in [0.1, 0.15) is 5.82 Å². The van der Waals surface area contributed by atoms with Crippen molar-refractivity contribution in [3.63, 3.8) is 0 Å². The van der Waals surface area contributed by atoms with Crippen molar-refractivity contribution in [3.05, 3.63) is 35.1 Å². The zero-order chi connectivity index (χ0) is 13.9. The number of hydrogen-bond donors (Lipinski definition) is 0. The molecule has 0 aromatic heterocycles. The number of halogens is 5. The molecule has 0 radical (unpaired) electrons. The molecule has 0 heterocycles. The predicted octanol–water partition coefficient (Wildman–Crippen LogP) is 3.42. The normalized spacial score (nSPS) is 13.2. The second-order valence-electron chi connectivity index (χ2n) is 3.35. The van der Waals surface area contributed by atoms with Crippen LogP contribution in [0.2, 0.25) is 0 Å². The van der Waals surface area contributed by atoms with Gasteiger partial charge < -0.3 is 4.74 Å². The number of hydrogen-bond acceptors (Lipinski definition) is 2. The van der Waals surface area contributed by atoms with E-state index in [4.69, 9.17) is 0 Å². The van der Waals surface area contributed by atoms with Crippen LogP contribution in [-0.4, -0.2) is 12.6 Å². The molecule has 1 atom stereocenters. The van der Waals surface area contributed by atoms with Crippen LogP contribution in [-0.2, 0) is 15.7 Å². The van der Waals surface area contributed by atoms with E-state index in [1.807, 2.05) is 0 Å². The van der Waals surface area contributed by atoms with Crippen LogP contribution in [0.25, 0.3) is 0 Å². The summed E-state index contributed by atoms with van der Waals surface area (Å²) in [6.07, 6.45) is -7.17. The second kappa shape index (κ2) is 5.32. The first kappa shape index (κ1) is 14.4. The molecule has 0 saturated carbocycles. The maximum absolute atomic E-state index is 13.4. The number of benzene rings is 1. The summed E-state index contributed by atoms with van der Waals surface area (Å²) in [6.45, 7) is 1.36. The van der Waals surface area contributed by atoms with Gasteiger partial charge in [0.25, 0.3) is 0 Å². The van der Waals surface area contributed by atoms with Crippen molar-refractivity contribution in [2.45, 2.75) is 19.3 Å². The van der Waals surface area contributed by atoms with Crippen LogP contribution in [0.3, 0.4) is 0 Å². The van der Waals surface area contributed by atoms with Crippen LogP contribution in [0.15, 0.2) is 18.2 Å². The first-order valence-electron chi connectivity index (χ1n) is 4.94. The molecule has 0 fully saturated rings. The number of ether oxygens (including phenoxy) is 1. The molecule has 2 nitrogen and oxygen atoms in total. The Morgan fingerprint density at radius 2 is 2.00 bits per heavy atom. The lowest BCUT2D eigenvalue weighted by molar-refractivity contribution is -0.149. The van der Waals surface area contributed by atoms with Crippen LogP contribution >= 0.6 is 0 Å². The quantitative estimate of drug-likeness (QED) is 0.620. The molecule has 0 aliphatic rings. The van der Waals surface area contributed by atoms with Crippen LogP contribution in [0, 0.1) is 5.82 Å². The standard InChI is InChI=1S/C11H9F5O2/c1-2-18-10(17)9(13)6-3-4-7(8(12)5-6)11(14,15)16/h3-5,9H,2H2,1H3. The molecule has 1 aromatic carbocycles. The molecule has 0 saturated heterocycles. The highest BCUT2D eigenvalue weighted by molar-refractivity contribution is 5.76. The maximum Gasteiger partial charge on any atom is 0.419 e. The van der Waals surface area contributed by atoms with Gasteiger partial charge in [-0.1, -0.05) is 6.07 Å². The number of alkyl halides is 4. The molecule has 0 amide bonds. The molecule has 1 rings (SSSR count). The molecule has 7 heteroatoms. The van der Waals surface area contributed by atoms with Gasteiger partial charge in [-0.3, -0.25) is 0 Å². The zero-order valence-electron chi connectivity index (χ0n) is 9.22. The van der Waals surface area contributed by atoms with Gasteiger partial charge in [0.15, 0.2) is 0 Å². The smallest absolute Gasteiger partial charge is 0.419 e. The fraction of sp³-hybridized carbons (Fsp3) is 0.364. The SMILES string of the molecule is CCOC(=O)C(F)c1ccc(C(F)(F)F)c(F)c1. The molecule has 0 aliphatic carbocycles. The lowest BCUT2D eigenvalue weighted by Crippen LogP contribution is -2.13. The summed E-state index contributed by atoms with van der Waals surface area (Å²) < 4.78 is 67.6. The van der Waals surface area contributed by atoms with Gasteiger partial charge in [-0.25, -0.2) is 13.6 Å². The van der Waals surface area contributed by atoms with E-state index in [0.29, 0.717) is 18.2 Å². The lowest BCUT2D eigenvalue weighted by atomic mass is 10.1. The minimum Gasteiger partial charge on any atom is -0.464 e. The zero-order valence-corrected chi connectivity index (χ0v) is 9.22. The minimum absolute atomic E-state index is 0.0810. The van der Waals surface area contributed by atoms with Gasteiger partial charge in [0.2, 0.25) is 6.17 Å². The van der Waals surface area contributed by atoms with Crippen molar-refractivity contribution in [2.24, 2.45) is 0 Å². The summed E-state index contributed by atoms with van der Waals surface area (Å²) in [4.78, 5) is 11.0. The second-order valence-corrected chi connectivity index (χ2v) is 3.35. The molecule has 0 N–H and O–H groups in total. The summed E-state index contributed by atoms with van der Waals surface area (Å²) in [7, 11) is 0. The fourth-order valence-electron chi connectivity index (χ4n) is 1.27. The van der Waals surface area contributed by atoms with Crippen molar-refractivity contribution >= 4 is 5.97 Å². The predicted molar refractivity (Wildman–Crippen MR) is 51.9 cm³/mol. The molecule has 0 bridgehead atoms. The Balaban J connectivity index is 3.01. The summed E-state index contributed by atoms with van der Waals surface area (Å²) in [5, 5.41) is 0. The van der Waals surface area contributed by atoms with E-state index >= 15 is 0 Å². The maximum atomic E-state index is 13.4. The molecule has 1 aromatic rings. The van der Waals surface area contributed by atoms with Crippen LogP contribution in [0.4, 0.5) is 22.0 Å². The Labute approximate surface area is 99.4 Å². The average molecular weight is 268 g/mol. The lowest BCUT2D eigenvalue weighted by Gasteiger charge is -2.11. The molecule has 1 unspecified atom stereocenters. The Morgan fingerprint density at radius 1 is 1.39 bits per heavy atom. The summed E-state index contributed by atoms with van der Waals surface area (Å²) in [6, 6.07) is 1.42. The van der Waals surface area contributed by atoms with E-state index in [2.05, 4.69) is 4.74 Å². The number of carbonyl (C=O) groups excluding carboxylic acids is 1. The monoisotopic (exact) mass is 268 g/mol.